The highest BCUT2D eigenvalue weighted by molar-refractivity contribution is 6.20. The van der Waals surface area contributed by atoms with Gasteiger partial charge in [0.15, 0.2) is 11.6 Å². The molecule has 0 aliphatic heterocycles. The maximum Gasteiger partial charge on any atom is 0.165 e. The molecule has 0 aliphatic carbocycles. The molecule has 0 fully saturated rings. The Bertz CT molecular complexity index is 344. The molecule has 0 aliphatic rings. The number of benzene rings is 1. The van der Waals surface area contributed by atoms with Crippen LogP contribution in [0.25, 0.3) is 0 Å². The van der Waals surface area contributed by atoms with Crippen LogP contribution in [0.15, 0.2) is 18.2 Å². The Morgan fingerprint density at radius 1 is 1.50 bits per heavy atom. The fraction of sp³-hybridized carbons (Fsp3) is 0.500. The van der Waals surface area contributed by atoms with Crippen molar-refractivity contribution in [3.8, 4) is 5.75 Å². The van der Waals surface area contributed by atoms with Gasteiger partial charge in [0.1, 0.15) is 0 Å². The van der Waals surface area contributed by atoms with Gasteiger partial charge in [-0.1, -0.05) is 6.07 Å². The first kappa shape index (κ1) is 13.3. The quantitative estimate of drug-likeness (QED) is 0.740. The Kier molecular flexibility index (Phi) is 5.03. The molecular weight excluding hydrogens is 229 g/mol. The molecule has 1 unspecified atom stereocenters. The van der Waals surface area contributed by atoms with Crippen LogP contribution in [0.2, 0.25) is 0 Å². The molecule has 0 N–H and O–H groups in total. The van der Waals surface area contributed by atoms with Gasteiger partial charge in [-0.05, 0) is 31.7 Å². The predicted molar refractivity (Wildman–Crippen MR) is 64.6 cm³/mol. The first-order chi connectivity index (χ1) is 7.52. The van der Waals surface area contributed by atoms with E-state index >= 15 is 0 Å². The summed E-state index contributed by atoms with van der Waals surface area (Å²) in [5.41, 5.74) is 0.915. The summed E-state index contributed by atoms with van der Waals surface area (Å²) in [4.78, 5) is 2.05. The zero-order valence-corrected chi connectivity index (χ0v) is 10.6. The highest BCUT2D eigenvalue weighted by Gasteiger charge is 2.07. The number of methoxy groups -OCH3 is 1. The highest BCUT2D eigenvalue weighted by atomic mass is 35.5. The maximum absolute atomic E-state index is 13.4. The third-order valence-corrected chi connectivity index (χ3v) is 2.37. The molecule has 0 heterocycles. The number of hydrogen-bond donors (Lipinski definition) is 0. The first-order valence-electron chi connectivity index (χ1n) is 5.18. The third-order valence-electron chi connectivity index (χ3n) is 2.23. The Morgan fingerprint density at radius 2 is 2.19 bits per heavy atom. The molecule has 4 heteroatoms. The largest absolute Gasteiger partial charge is 0.494 e. The molecule has 0 amide bonds. The van der Waals surface area contributed by atoms with E-state index in [1.807, 2.05) is 20.0 Å². The van der Waals surface area contributed by atoms with Gasteiger partial charge in [-0.2, -0.15) is 0 Å². The minimum atomic E-state index is -0.327. The van der Waals surface area contributed by atoms with Crippen LogP contribution in [0.5, 0.6) is 5.75 Å². The Hall–Kier alpha value is -0.800. The van der Waals surface area contributed by atoms with E-state index in [2.05, 4.69) is 4.90 Å². The summed E-state index contributed by atoms with van der Waals surface area (Å²) in [6, 6.07) is 4.99. The fourth-order valence-corrected chi connectivity index (χ4v) is 1.85. The van der Waals surface area contributed by atoms with Gasteiger partial charge in [-0.15, -0.1) is 11.6 Å². The predicted octanol–water partition coefficient (Wildman–Crippen LogP) is 2.89. The van der Waals surface area contributed by atoms with Crippen molar-refractivity contribution in [2.45, 2.75) is 18.8 Å². The van der Waals surface area contributed by atoms with Gasteiger partial charge in [0, 0.05) is 18.5 Å². The van der Waals surface area contributed by atoms with E-state index in [0.29, 0.717) is 6.54 Å². The number of alkyl halides is 1. The van der Waals surface area contributed by atoms with E-state index < -0.39 is 0 Å². The zero-order valence-electron chi connectivity index (χ0n) is 9.84. The molecule has 2 nitrogen and oxygen atoms in total. The van der Waals surface area contributed by atoms with E-state index in [0.717, 1.165) is 12.1 Å². The summed E-state index contributed by atoms with van der Waals surface area (Å²) in [6.45, 7) is 3.39. The summed E-state index contributed by atoms with van der Waals surface area (Å²) in [5.74, 6) is -0.0514. The standard InChI is InChI=1S/C12H17ClFNO/c1-9(13)7-15(2)8-10-4-5-12(16-3)11(14)6-10/h4-6,9H,7-8H2,1-3H3. The van der Waals surface area contributed by atoms with Crippen molar-refractivity contribution in [3.05, 3.63) is 29.6 Å². The van der Waals surface area contributed by atoms with Crippen molar-refractivity contribution in [2.24, 2.45) is 0 Å². The molecule has 16 heavy (non-hydrogen) atoms. The molecule has 1 aromatic rings. The van der Waals surface area contributed by atoms with Crippen LogP contribution in [-0.4, -0.2) is 31.0 Å². The minimum Gasteiger partial charge on any atom is -0.494 e. The second-order valence-corrected chi connectivity index (χ2v) is 4.69. The molecule has 0 saturated carbocycles. The lowest BCUT2D eigenvalue weighted by molar-refractivity contribution is 0.328. The number of rotatable bonds is 5. The van der Waals surface area contributed by atoms with Crippen LogP contribution in [-0.2, 0) is 6.54 Å². The van der Waals surface area contributed by atoms with E-state index in [-0.39, 0.29) is 16.9 Å². The van der Waals surface area contributed by atoms with Crippen molar-refractivity contribution in [2.75, 3.05) is 20.7 Å². The maximum atomic E-state index is 13.4. The number of nitrogens with zero attached hydrogens (tertiary/aromatic N) is 1. The van der Waals surface area contributed by atoms with Crippen molar-refractivity contribution in [3.63, 3.8) is 0 Å². The number of hydrogen-bond acceptors (Lipinski definition) is 2. The summed E-state index contributed by atoms with van der Waals surface area (Å²) in [5, 5.41) is 0.0908. The van der Waals surface area contributed by atoms with Crippen molar-refractivity contribution in [1.29, 1.82) is 0 Å². The SMILES string of the molecule is COc1ccc(CN(C)CC(C)Cl)cc1F. The van der Waals surface area contributed by atoms with Gasteiger partial charge < -0.3 is 9.64 Å². The molecule has 0 radical (unpaired) electrons. The van der Waals surface area contributed by atoms with Crippen LogP contribution in [0.1, 0.15) is 12.5 Å². The van der Waals surface area contributed by atoms with Crippen LogP contribution in [0, 0.1) is 5.82 Å². The smallest absolute Gasteiger partial charge is 0.165 e. The van der Waals surface area contributed by atoms with Crippen molar-refractivity contribution in [1.82, 2.24) is 4.90 Å². The average Bonchev–Trinajstić information content (AvgIpc) is 2.16. The van der Waals surface area contributed by atoms with E-state index in [4.69, 9.17) is 16.3 Å². The molecule has 0 spiro atoms. The van der Waals surface area contributed by atoms with E-state index in [1.54, 1.807) is 6.07 Å². The van der Waals surface area contributed by atoms with E-state index in [9.17, 15) is 4.39 Å². The molecule has 0 bridgehead atoms. The fourth-order valence-electron chi connectivity index (χ4n) is 1.61. The Labute approximate surface area is 101 Å². The Balaban J connectivity index is 2.64. The lowest BCUT2D eigenvalue weighted by Crippen LogP contribution is -2.24. The lowest BCUT2D eigenvalue weighted by Gasteiger charge is -2.18. The normalized spacial score (nSPS) is 12.9. The summed E-state index contributed by atoms with van der Waals surface area (Å²) in [6.07, 6.45) is 0. The summed E-state index contributed by atoms with van der Waals surface area (Å²) in [7, 11) is 3.42. The lowest BCUT2D eigenvalue weighted by atomic mass is 10.2. The van der Waals surface area contributed by atoms with Gasteiger partial charge in [-0.3, -0.25) is 0 Å². The van der Waals surface area contributed by atoms with Crippen LogP contribution >= 0.6 is 11.6 Å². The molecule has 0 aromatic heterocycles. The van der Waals surface area contributed by atoms with Crippen LogP contribution in [0.4, 0.5) is 4.39 Å². The highest BCUT2D eigenvalue weighted by Crippen LogP contribution is 2.18. The number of halogens is 2. The summed E-state index contributed by atoms with van der Waals surface area (Å²) < 4.78 is 18.3. The van der Waals surface area contributed by atoms with Crippen LogP contribution < -0.4 is 4.74 Å². The molecule has 90 valence electrons. The molecule has 1 atom stereocenters. The van der Waals surface area contributed by atoms with Crippen LogP contribution in [0.3, 0.4) is 0 Å². The second kappa shape index (κ2) is 6.06. The first-order valence-corrected chi connectivity index (χ1v) is 5.61. The topological polar surface area (TPSA) is 12.5 Å². The monoisotopic (exact) mass is 245 g/mol. The van der Waals surface area contributed by atoms with Gasteiger partial charge in [0.2, 0.25) is 0 Å². The van der Waals surface area contributed by atoms with Gasteiger partial charge in [0.05, 0.1) is 7.11 Å². The van der Waals surface area contributed by atoms with Gasteiger partial charge in [0.25, 0.3) is 0 Å². The third kappa shape index (κ3) is 3.99. The van der Waals surface area contributed by atoms with Gasteiger partial charge in [-0.25, -0.2) is 4.39 Å². The van der Waals surface area contributed by atoms with E-state index in [1.165, 1.54) is 13.2 Å². The Morgan fingerprint density at radius 3 is 2.69 bits per heavy atom. The van der Waals surface area contributed by atoms with Crippen molar-refractivity contribution < 1.29 is 9.13 Å². The summed E-state index contributed by atoms with van der Waals surface area (Å²) >= 11 is 5.88. The zero-order chi connectivity index (χ0) is 12.1. The molecule has 1 aromatic carbocycles. The molecular formula is C12H17ClFNO. The molecule has 0 saturated heterocycles. The second-order valence-electron chi connectivity index (χ2n) is 3.95. The van der Waals surface area contributed by atoms with Gasteiger partial charge >= 0.3 is 0 Å². The minimum absolute atomic E-state index is 0.0908. The van der Waals surface area contributed by atoms with Crippen molar-refractivity contribution >= 4 is 11.6 Å². The molecule has 1 rings (SSSR count). The average molecular weight is 246 g/mol. The number of ether oxygens (including phenoxy) is 1.